The molecule has 1 aromatic rings. The zero-order valence-electron chi connectivity index (χ0n) is 27.7. The van der Waals surface area contributed by atoms with Crippen LogP contribution in [0.5, 0.6) is 0 Å². The fourth-order valence-corrected chi connectivity index (χ4v) is 5.09. The molecule has 0 heterocycles. The van der Waals surface area contributed by atoms with Crippen LogP contribution in [0.4, 0.5) is 0 Å². The summed E-state index contributed by atoms with van der Waals surface area (Å²) in [7, 11) is 0. The van der Waals surface area contributed by atoms with Crippen LogP contribution in [0.2, 0.25) is 0 Å². The van der Waals surface area contributed by atoms with E-state index in [1.54, 1.807) is 30.3 Å². The molecule has 0 aromatic heterocycles. The Kier molecular flexibility index (Phi) is 22.5. The smallest absolute Gasteiger partial charge is 0.247 e. The number of benzene rings is 1. The highest BCUT2D eigenvalue weighted by atomic mass is 16.2. The van der Waals surface area contributed by atoms with Gasteiger partial charge in [0.15, 0.2) is 5.96 Å². The van der Waals surface area contributed by atoms with E-state index in [4.69, 9.17) is 11.5 Å². The van der Waals surface area contributed by atoms with Crippen molar-refractivity contribution in [3.63, 3.8) is 0 Å². The maximum atomic E-state index is 13.1. The van der Waals surface area contributed by atoms with E-state index in [9.17, 15) is 19.2 Å². The number of amides is 4. The molecule has 45 heavy (non-hydrogen) atoms. The molecule has 1 aromatic carbocycles. The lowest BCUT2D eigenvalue weighted by Crippen LogP contribution is -2.50. The predicted octanol–water partition coefficient (Wildman–Crippen LogP) is 4.12. The summed E-state index contributed by atoms with van der Waals surface area (Å²) in [6, 6.07) is 6.81. The van der Waals surface area contributed by atoms with Crippen molar-refractivity contribution in [3.8, 4) is 0 Å². The highest BCUT2D eigenvalue weighted by molar-refractivity contribution is 5.93. The third-order valence-corrected chi connectivity index (χ3v) is 7.60. The Morgan fingerprint density at radius 2 is 1.27 bits per heavy atom. The Labute approximate surface area is 270 Å². The van der Waals surface area contributed by atoms with Crippen molar-refractivity contribution in [1.82, 2.24) is 21.3 Å². The van der Waals surface area contributed by atoms with Crippen molar-refractivity contribution in [1.29, 1.82) is 0 Å². The highest BCUT2D eigenvalue weighted by Crippen LogP contribution is 2.15. The number of hydrogen-bond acceptors (Lipinski definition) is 5. The normalized spacial score (nSPS) is 12.0. The SMILES string of the molecule is CCCCCCCCCCCCCCCCNC(=O)CNC(=O)C(NC(=O)[C@H](CCCN=C(N)N)NC(C)=O)c1ccccc1. The first-order chi connectivity index (χ1) is 21.7. The first-order valence-corrected chi connectivity index (χ1v) is 17.0. The fraction of sp³-hybridized carbons (Fsp3) is 0.676. The maximum Gasteiger partial charge on any atom is 0.247 e. The van der Waals surface area contributed by atoms with Gasteiger partial charge >= 0.3 is 0 Å². The van der Waals surface area contributed by atoms with Crippen LogP contribution >= 0.6 is 0 Å². The van der Waals surface area contributed by atoms with Gasteiger partial charge in [-0.3, -0.25) is 24.2 Å². The van der Waals surface area contributed by atoms with Gasteiger partial charge in [0.25, 0.3) is 0 Å². The van der Waals surface area contributed by atoms with E-state index in [0.717, 1.165) is 19.3 Å². The summed E-state index contributed by atoms with van der Waals surface area (Å²) < 4.78 is 0. The Morgan fingerprint density at radius 3 is 1.80 bits per heavy atom. The minimum Gasteiger partial charge on any atom is -0.370 e. The van der Waals surface area contributed by atoms with Crippen LogP contribution in [-0.2, 0) is 19.2 Å². The lowest BCUT2D eigenvalue weighted by Gasteiger charge is -2.23. The van der Waals surface area contributed by atoms with Gasteiger partial charge in [0.05, 0.1) is 6.54 Å². The quantitative estimate of drug-likeness (QED) is 0.0509. The summed E-state index contributed by atoms with van der Waals surface area (Å²) >= 11 is 0. The van der Waals surface area contributed by atoms with Crippen molar-refractivity contribution in [2.45, 2.75) is 129 Å². The summed E-state index contributed by atoms with van der Waals surface area (Å²) in [6.45, 7) is 4.22. The molecule has 8 N–H and O–H groups in total. The fourth-order valence-electron chi connectivity index (χ4n) is 5.09. The molecule has 1 unspecified atom stereocenters. The summed E-state index contributed by atoms with van der Waals surface area (Å²) in [5.41, 5.74) is 11.3. The maximum absolute atomic E-state index is 13.1. The first kappa shape index (κ1) is 39.4. The van der Waals surface area contributed by atoms with E-state index in [-0.39, 0.29) is 30.7 Å². The van der Waals surface area contributed by atoms with Gasteiger partial charge in [-0.1, -0.05) is 121 Å². The van der Waals surface area contributed by atoms with E-state index in [0.29, 0.717) is 25.1 Å². The molecule has 0 spiro atoms. The third-order valence-electron chi connectivity index (χ3n) is 7.60. The molecule has 4 amide bonds. The van der Waals surface area contributed by atoms with Crippen molar-refractivity contribution in [2.75, 3.05) is 19.6 Å². The van der Waals surface area contributed by atoms with Crippen molar-refractivity contribution >= 4 is 29.6 Å². The van der Waals surface area contributed by atoms with Crippen LogP contribution < -0.4 is 32.7 Å². The van der Waals surface area contributed by atoms with E-state index < -0.39 is 23.9 Å². The van der Waals surface area contributed by atoms with Crippen LogP contribution in [0, 0.1) is 0 Å². The van der Waals surface area contributed by atoms with Crippen LogP contribution in [0.25, 0.3) is 0 Å². The Hall–Kier alpha value is -3.63. The van der Waals surface area contributed by atoms with Crippen LogP contribution in [0.3, 0.4) is 0 Å². The molecule has 0 saturated heterocycles. The van der Waals surface area contributed by atoms with Crippen LogP contribution in [-0.4, -0.2) is 55.3 Å². The minimum atomic E-state index is -1.05. The molecular formula is C34H59N7O4. The zero-order valence-corrected chi connectivity index (χ0v) is 27.7. The van der Waals surface area contributed by atoms with Crippen molar-refractivity contribution < 1.29 is 19.2 Å². The molecule has 0 saturated carbocycles. The molecule has 1 rings (SSSR count). The van der Waals surface area contributed by atoms with E-state index in [1.807, 2.05) is 0 Å². The molecule has 0 aliphatic rings. The average molecular weight is 630 g/mol. The molecule has 0 radical (unpaired) electrons. The summed E-state index contributed by atoms with van der Waals surface area (Å²) in [5, 5.41) is 10.8. The van der Waals surface area contributed by atoms with Crippen LogP contribution in [0.15, 0.2) is 35.3 Å². The van der Waals surface area contributed by atoms with Gasteiger partial charge < -0.3 is 32.7 Å². The van der Waals surface area contributed by atoms with Gasteiger partial charge in [0.2, 0.25) is 23.6 Å². The molecule has 0 fully saturated rings. The van der Waals surface area contributed by atoms with Gasteiger partial charge in [-0.2, -0.15) is 0 Å². The lowest BCUT2D eigenvalue weighted by atomic mass is 10.0. The van der Waals surface area contributed by atoms with Gasteiger partial charge in [-0.15, -0.1) is 0 Å². The van der Waals surface area contributed by atoms with E-state index in [1.165, 1.54) is 77.6 Å². The van der Waals surface area contributed by atoms with Gasteiger partial charge in [0.1, 0.15) is 12.1 Å². The molecule has 11 nitrogen and oxygen atoms in total. The second-order valence-corrected chi connectivity index (χ2v) is 11.7. The molecular weight excluding hydrogens is 570 g/mol. The van der Waals surface area contributed by atoms with E-state index >= 15 is 0 Å². The Bertz CT molecular complexity index is 1000. The molecule has 254 valence electrons. The monoisotopic (exact) mass is 629 g/mol. The number of aliphatic imine (C=N–C) groups is 1. The number of carbonyl (C=O) groups is 4. The number of nitrogens with one attached hydrogen (secondary N) is 4. The Balaban J connectivity index is 2.39. The van der Waals surface area contributed by atoms with Crippen LogP contribution in [0.1, 0.15) is 128 Å². The summed E-state index contributed by atoms with van der Waals surface area (Å²) in [6.07, 6.45) is 18.5. The zero-order chi connectivity index (χ0) is 33.1. The van der Waals surface area contributed by atoms with Gasteiger partial charge in [0, 0.05) is 20.0 Å². The highest BCUT2D eigenvalue weighted by Gasteiger charge is 2.27. The number of nitrogens with zero attached hydrogens (tertiary/aromatic N) is 1. The number of carbonyl (C=O) groups excluding carboxylic acids is 4. The molecule has 11 heteroatoms. The number of rotatable bonds is 26. The number of nitrogens with two attached hydrogens (primary N) is 2. The average Bonchev–Trinajstić information content (AvgIpc) is 3.02. The number of hydrogen-bond donors (Lipinski definition) is 6. The third kappa shape index (κ3) is 20.9. The second kappa shape index (κ2) is 25.7. The minimum absolute atomic E-state index is 0.0556. The van der Waals surface area contributed by atoms with E-state index in [2.05, 4.69) is 33.2 Å². The molecule has 2 atom stereocenters. The largest absolute Gasteiger partial charge is 0.370 e. The molecule has 0 aliphatic heterocycles. The predicted molar refractivity (Wildman–Crippen MR) is 181 cm³/mol. The Morgan fingerprint density at radius 1 is 0.711 bits per heavy atom. The first-order valence-electron chi connectivity index (χ1n) is 17.0. The molecule has 0 bridgehead atoms. The topological polar surface area (TPSA) is 181 Å². The number of unbranched alkanes of at least 4 members (excludes halogenated alkanes) is 13. The van der Waals surface area contributed by atoms with Gasteiger partial charge in [-0.05, 0) is 24.8 Å². The number of guanidine groups is 1. The lowest BCUT2D eigenvalue weighted by molar-refractivity contribution is -0.132. The van der Waals surface area contributed by atoms with Gasteiger partial charge in [-0.25, -0.2) is 0 Å². The van der Waals surface area contributed by atoms with Crippen molar-refractivity contribution in [3.05, 3.63) is 35.9 Å². The molecule has 0 aliphatic carbocycles. The second-order valence-electron chi connectivity index (χ2n) is 11.7. The van der Waals surface area contributed by atoms with Crippen molar-refractivity contribution in [2.24, 2.45) is 16.5 Å². The standard InChI is InChI=1S/C34H59N7O4/c1-3-4-5-6-7-8-9-10-11-12-13-14-15-19-24-37-30(43)26-39-33(45)31(28-21-17-16-18-22-28)41-32(44)29(40-27(2)42)23-20-25-38-34(35)36/h16-18,21-22,29,31H,3-15,19-20,23-26H2,1-2H3,(H,37,43)(H,39,45)(H,40,42)(H,41,44)(H4,35,36,38)/t29-,31?/m0/s1. The summed E-state index contributed by atoms with van der Waals surface area (Å²) in [4.78, 5) is 54.3. The summed E-state index contributed by atoms with van der Waals surface area (Å²) in [5.74, 6) is -1.77.